The third kappa shape index (κ3) is 9.73. The van der Waals surface area contributed by atoms with Crippen molar-refractivity contribution in [3.8, 4) is 23.0 Å². The zero-order valence-electron chi connectivity index (χ0n) is 30.8. The van der Waals surface area contributed by atoms with Gasteiger partial charge in [0, 0.05) is 26.2 Å². The Morgan fingerprint density at radius 1 is 0.389 bits per heavy atom. The van der Waals surface area contributed by atoms with Crippen molar-refractivity contribution in [2.75, 3.05) is 26.2 Å². The standard InChI is InChI=1S/2C22H27NO4/c2*24-17(21-11-9-15-5-1-3-7-19(15)26-21)13-23-14-18(25)22-12-10-16-6-2-4-8-20(16)27-22/h2*1-8,17-18,21-25H,9-14H2/t2*17-,18-,21-,22+/m10/s1. The summed E-state index contributed by atoms with van der Waals surface area (Å²) in [5.41, 5.74) is 4.77. The summed E-state index contributed by atoms with van der Waals surface area (Å²) < 4.78 is 23.7. The minimum Gasteiger partial charge on any atom is -0.487 e. The topological polar surface area (TPSA) is 142 Å². The van der Waals surface area contributed by atoms with Gasteiger partial charge in [-0.25, -0.2) is 0 Å². The average molecular weight is 739 g/mol. The van der Waals surface area contributed by atoms with Crippen molar-refractivity contribution < 1.29 is 39.4 Å². The first kappa shape index (κ1) is 38.1. The maximum Gasteiger partial charge on any atom is 0.126 e. The van der Waals surface area contributed by atoms with E-state index in [-0.39, 0.29) is 24.4 Å². The van der Waals surface area contributed by atoms with E-state index in [1.54, 1.807) is 0 Å². The van der Waals surface area contributed by atoms with Gasteiger partial charge in [-0.2, -0.15) is 0 Å². The Labute approximate surface area is 318 Å². The fourth-order valence-corrected chi connectivity index (χ4v) is 7.75. The Morgan fingerprint density at radius 3 is 0.852 bits per heavy atom. The van der Waals surface area contributed by atoms with Crippen LogP contribution in [0.15, 0.2) is 97.1 Å². The van der Waals surface area contributed by atoms with E-state index >= 15 is 0 Å². The van der Waals surface area contributed by atoms with Crippen molar-refractivity contribution in [3.63, 3.8) is 0 Å². The number of aliphatic hydroxyl groups is 4. The lowest BCUT2D eigenvalue weighted by Crippen LogP contribution is -2.46. The predicted molar refractivity (Wildman–Crippen MR) is 206 cm³/mol. The highest BCUT2D eigenvalue weighted by Crippen LogP contribution is 2.31. The molecule has 0 amide bonds. The quantitative estimate of drug-likeness (QED) is 0.126. The number of fused-ring (bicyclic) bond motifs is 4. The van der Waals surface area contributed by atoms with Gasteiger partial charge < -0.3 is 50.0 Å². The van der Waals surface area contributed by atoms with Crippen molar-refractivity contribution in [1.29, 1.82) is 0 Å². The van der Waals surface area contributed by atoms with Crippen LogP contribution in [0.1, 0.15) is 47.9 Å². The van der Waals surface area contributed by atoms with Crippen LogP contribution >= 0.6 is 0 Å². The molecule has 10 nitrogen and oxygen atoms in total. The van der Waals surface area contributed by atoms with Crippen LogP contribution in [-0.4, -0.2) is 95.4 Å². The largest absolute Gasteiger partial charge is 0.487 e. The number of ether oxygens (including phenoxy) is 4. The molecule has 4 aromatic rings. The first-order valence-electron chi connectivity index (χ1n) is 19.5. The van der Waals surface area contributed by atoms with Crippen LogP contribution in [0.4, 0.5) is 0 Å². The molecule has 10 heteroatoms. The van der Waals surface area contributed by atoms with E-state index in [9.17, 15) is 20.4 Å². The van der Waals surface area contributed by atoms with Gasteiger partial charge in [0.05, 0.1) is 0 Å². The lowest BCUT2D eigenvalue weighted by Gasteiger charge is -2.31. The number of hydrogen-bond acceptors (Lipinski definition) is 10. The summed E-state index contributed by atoms with van der Waals surface area (Å²) in [6, 6.07) is 31.9. The highest BCUT2D eigenvalue weighted by Gasteiger charge is 2.30. The highest BCUT2D eigenvalue weighted by molar-refractivity contribution is 5.37. The molecule has 0 aromatic heterocycles. The van der Waals surface area contributed by atoms with E-state index in [2.05, 4.69) is 34.9 Å². The van der Waals surface area contributed by atoms with E-state index < -0.39 is 24.4 Å². The molecule has 8 atom stereocenters. The van der Waals surface area contributed by atoms with Gasteiger partial charge in [0.2, 0.25) is 0 Å². The summed E-state index contributed by atoms with van der Waals surface area (Å²) in [5, 5.41) is 48.1. The second kappa shape index (κ2) is 18.4. The third-order valence-corrected chi connectivity index (χ3v) is 10.9. The zero-order chi connectivity index (χ0) is 37.3. The van der Waals surface area contributed by atoms with Crippen molar-refractivity contribution in [2.24, 2.45) is 0 Å². The molecule has 0 aliphatic carbocycles. The molecular weight excluding hydrogens is 684 g/mol. The van der Waals surface area contributed by atoms with Crippen LogP contribution in [0.3, 0.4) is 0 Å². The van der Waals surface area contributed by atoms with E-state index in [0.29, 0.717) is 26.2 Å². The van der Waals surface area contributed by atoms with Crippen LogP contribution in [0.5, 0.6) is 23.0 Å². The highest BCUT2D eigenvalue weighted by atomic mass is 16.5. The Balaban J connectivity index is 0.000000167. The Bertz CT molecular complexity index is 1530. The van der Waals surface area contributed by atoms with E-state index in [0.717, 1.165) is 74.4 Å². The third-order valence-electron chi connectivity index (χ3n) is 10.9. The molecule has 0 fully saturated rings. The molecule has 0 unspecified atom stereocenters. The lowest BCUT2D eigenvalue weighted by atomic mass is 9.98. The lowest BCUT2D eigenvalue weighted by molar-refractivity contribution is 0.00897. The molecule has 8 rings (SSSR count). The molecule has 288 valence electrons. The van der Waals surface area contributed by atoms with E-state index in [1.165, 1.54) is 22.3 Å². The van der Waals surface area contributed by atoms with Gasteiger partial charge in [-0.3, -0.25) is 0 Å². The zero-order valence-corrected chi connectivity index (χ0v) is 30.8. The van der Waals surface area contributed by atoms with Crippen LogP contribution in [0.25, 0.3) is 0 Å². The summed E-state index contributed by atoms with van der Waals surface area (Å²) in [4.78, 5) is 0. The molecule has 4 aliphatic heterocycles. The maximum atomic E-state index is 10.5. The fourth-order valence-electron chi connectivity index (χ4n) is 7.75. The molecule has 0 bridgehead atoms. The number of hydrogen-bond donors (Lipinski definition) is 6. The summed E-state index contributed by atoms with van der Waals surface area (Å²) in [6.07, 6.45) is 3.51. The molecule has 0 spiro atoms. The number of aliphatic hydroxyl groups excluding tert-OH is 4. The second-order valence-corrected chi connectivity index (χ2v) is 14.8. The first-order valence-corrected chi connectivity index (χ1v) is 19.5. The minimum absolute atomic E-state index is 0.220. The van der Waals surface area contributed by atoms with Crippen molar-refractivity contribution >= 4 is 0 Å². The second-order valence-electron chi connectivity index (χ2n) is 14.8. The minimum atomic E-state index is -0.612. The normalized spacial score (nSPS) is 23.3. The number of rotatable bonds is 12. The van der Waals surface area contributed by atoms with Gasteiger partial charge in [-0.15, -0.1) is 0 Å². The smallest absolute Gasteiger partial charge is 0.126 e. The summed E-state index contributed by atoms with van der Waals surface area (Å²) in [6.45, 7) is 1.53. The van der Waals surface area contributed by atoms with Gasteiger partial charge in [-0.1, -0.05) is 72.8 Å². The van der Waals surface area contributed by atoms with Crippen LogP contribution < -0.4 is 29.6 Å². The fraction of sp³-hybridized carbons (Fsp3) is 0.455. The molecule has 4 aliphatic rings. The number of para-hydroxylation sites is 4. The molecule has 0 saturated heterocycles. The van der Waals surface area contributed by atoms with E-state index in [1.807, 2.05) is 72.8 Å². The first-order chi connectivity index (χ1) is 26.4. The van der Waals surface area contributed by atoms with Crippen molar-refractivity contribution in [3.05, 3.63) is 119 Å². The Morgan fingerprint density at radius 2 is 0.611 bits per heavy atom. The molecular formula is C44H54N2O8. The van der Waals surface area contributed by atoms with Gasteiger partial charge in [0.15, 0.2) is 0 Å². The van der Waals surface area contributed by atoms with Crippen molar-refractivity contribution in [1.82, 2.24) is 10.6 Å². The van der Waals surface area contributed by atoms with Crippen molar-refractivity contribution in [2.45, 2.75) is 100 Å². The SMILES string of the molecule is O[C@@H](CNC[C@H](O)[C@H]1CCc2ccccc2O1)[C@@H]1CCc2ccccc2O1.O[C@H](CNC[C@@H](O)[C@H]1CCc2ccccc2O1)[C@@H]1CCc2ccccc2O1. The van der Waals surface area contributed by atoms with Gasteiger partial charge in [-0.05, 0) is 97.9 Å². The molecule has 6 N–H and O–H groups in total. The number of benzene rings is 4. The molecule has 0 saturated carbocycles. The number of nitrogens with one attached hydrogen (secondary N) is 2. The summed E-state index contributed by atoms with van der Waals surface area (Å²) >= 11 is 0. The number of aryl methyl sites for hydroxylation is 4. The van der Waals surface area contributed by atoms with Gasteiger partial charge >= 0.3 is 0 Å². The maximum absolute atomic E-state index is 10.5. The van der Waals surface area contributed by atoms with Gasteiger partial charge in [0.1, 0.15) is 71.8 Å². The predicted octanol–water partition coefficient (Wildman–Crippen LogP) is 4.17. The molecule has 0 radical (unpaired) electrons. The van der Waals surface area contributed by atoms with Crippen LogP contribution in [-0.2, 0) is 25.7 Å². The molecule has 4 aromatic carbocycles. The van der Waals surface area contributed by atoms with Crippen LogP contribution in [0.2, 0.25) is 0 Å². The summed E-state index contributed by atoms with van der Waals surface area (Å²) in [7, 11) is 0. The average Bonchev–Trinajstić information content (AvgIpc) is 3.23. The van der Waals surface area contributed by atoms with Crippen LogP contribution in [0, 0.1) is 0 Å². The monoisotopic (exact) mass is 738 g/mol. The molecule has 54 heavy (non-hydrogen) atoms. The Kier molecular flexibility index (Phi) is 13.0. The summed E-state index contributed by atoms with van der Waals surface area (Å²) in [5.74, 6) is 3.45. The molecule has 4 heterocycles. The van der Waals surface area contributed by atoms with E-state index in [4.69, 9.17) is 18.9 Å². The van der Waals surface area contributed by atoms with Gasteiger partial charge in [0.25, 0.3) is 0 Å². The Hall–Kier alpha value is -4.16.